The summed E-state index contributed by atoms with van der Waals surface area (Å²) in [6.07, 6.45) is 4.40. The van der Waals surface area contributed by atoms with E-state index in [1.54, 1.807) is 14.2 Å². The highest BCUT2D eigenvalue weighted by molar-refractivity contribution is 5.53. The molecule has 1 N–H and O–H groups in total. The SMILES string of the molecule is COCCNCC1C=C(C)C(Cc2nnc(-c3ccc(OC)cc3)o2)CC1C(C)C. The van der Waals surface area contributed by atoms with E-state index in [2.05, 4.69) is 42.4 Å². The van der Waals surface area contributed by atoms with E-state index in [1.807, 2.05) is 24.3 Å². The van der Waals surface area contributed by atoms with Crippen molar-refractivity contribution in [2.75, 3.05) is 33.9 Å². The summed E-state index contributed by atoms with van der Waals surface area (Å²) in [5, 5.41) is 12.1. The number of aromatic nitrogens is 2. The van der Waals surface area contributed by atoms with Gasteiger partial charge < -0.3 is 19.2 Å². The van der Waals surface area contributed by atoms with E-state index in [0.717, 1.165) is 43.9 Å². The molecule has 1 aromatic carbocycles. The van der Waals surface area contributed by atoms with Gasteiger partial charge in [0.25, 0.3) is 0 Å². The Kier molecular flexibility index (Phi) is 8.05. The molecule has 1 heterocycles. The van der Waals surface area contributed by atoms with Gasteiger partial charge in [-0.05, 0) is 61.3 Å². The molecule has 0 amide bonds. The van der Waals surface area contributed by atoms with Gasteiger partial charge in [-0.2, -0.15) is 0 Å². The molecule has 0 spiro atoms. The van der Waals surface area contributed by atoms with Crippen molar-refractivity contribution >= 4 is 0 Å². The molecule has 3 unspecified atom stereocenters. The number of allylic oxidation sites excluding steroid dienone is 1. The summed E-state index contributed by atoms with van der Waals surface area (Å²) >= 11 is 0. The van der Waals surface area contributed by atoms with Crippen LogP contribution >= 0.6 is 0 Å². The number of nitrogens with zero attached hydrogens (tertiary/aromatic N) is 2. The zero-order valence-electron chi connectivity index (χ0n) is 18.9. The summed E-state index contributed by atoms with van der Waals surface area (Å²) in [4.78, 5) is 0. The molecule has 30 heavy (non-hydrogen) atoms. The van der Waals surface area contributed by atoms with Crippen LogP contribution in [0.1, 0.15) is 33.1 Å². The average molecular weight is 414 g/mol. The third-order valence-corrected chi connectivity index (χ3v) is 6.17. The Hall–Kier alpha value is -2.18. The van der Waals surface area contributed by atoms with Crippen LogP contribution in [0.5, 0.6) is 5.75 Å². The molecule has 0 radical (unpaired) electrons. The zero-order valence-corrected chi connectivity index (χ0v) is 18.9. The molecule has 2 aromatic rings. The summed E-state index contributed by atoms with van der Waals surface area (Å²) in [6, 6.07) is 7.69. The molecule has 0 saturated heterocycles. The van der Waals surface area contributed by atoms with Crippen molar-refractivity contribution in [3.8, 4) is 17.2 Å². The van der Waals surface area contributed by atoms with Crippen molar-refractivity contribution in [3.05, 3.63) is 41.8 Å². The molecule has 6 nitrogen and oxygen atoms in total. The highest BCUT2D eigenvalue weighted by Crippen LogP contribution is 2.38. The van der Waals surface area contributed by atoms with Gasteiger partial charge in [0.05, 0.1) is 13.7 Å². The first-order valence-electron chi connectivity index (χ1n) is 10.9. The predicted molar refractivity (Wildman–Crippen MR) is 118 cm³/mol. The van der Waals surface area contributed by atoms with Gasteiger partial charge in [-0.1, -0.05) is 25.5 Å². The lowest BCUT2D eigenvalue weighted by atomic mass is 9.70. The Labute approximate surface area is 180 Å². The van der Waals surface area contributed by atoms with Crippen molar-refractivity contribution in [1.82, 2.24) is 15.5 Å². The van der Waals surface area contributed by atoms with Crippen molar-refractivity contribution < 1.29 is 13.9 Å². The van der Waals surface area contributed by atoms with Gasteiger partial charge >= 0.3 is 0 Å². The predicted octanol–water partition coefficient (Wildman–Crippen LogP) is 4.38. The summed E-state index contributed by atoms with van der Waals surface area (Å²) in [5.74, 6) is 4.34. The minimum Gasteiger partial charge on any atom is -0.497 e. The number of hydrogen-bond donors (Lipinski definition) is 1. The third-order valence-electron chi connectivity index (χ3n) is 6.17. The van der Waals surface area contributed by atoms with Crippen LogP contribution < -0.4 is 10.1 Å². The summed E-state index contributed by atoms with van der Waals surface area (Å²) in [7, 11) is 3.40. The second kappa shape index (κ2) is 10.7. The van der Waals surface area contributed by atoms with Gasteiger partial charge in [-0.25, -0.2) is 0 Å². The average Bonchev–Trinajstić information content (AvgIpc) is 3.21. The Bertz CT molecular complexity index is 813. The summed E-state index contributed by atoms with van der Waals surface area (Å²) < 4.78 is 16.4. The number of ether oxygens (including phenoxy) is 2. The molecule has 1 aromatic heterocycles. The quantitative estimate of drug-likeness (QED) is 0.460. The molecule has 164 valence electrons. The van der Waals surface area contributed by atoms with Gasteiger partial charge in [0.1, 0.15) is 5.75 Å². The van der Waals surface area contributed by atoms with Crippen LogP contribution in [0.4, 0.5) is 0 Å². The smallest absolute Gasteiger partial charge is 0.247 e. The number of methoxy groups -OCH3 is 2. The first-order valence-corrected chi connectivity index (χ1v) is 10.9. The van der Waals surface area contributed by atoms with Crippen LogP contribution in [-0.4, -0.2) is 44.1 Å². The Morgan fingerprint density at radius 2 is 1.93 bits per heavy atom. The van der Waals surface area contributed by atoms with E-state index in [9.17, 15) is 0 Å². The fraction of sp³-hybridized carbons (Fsp3) is 0.583. The van der Waals surface area contributed by atoms with Gasteiger partial charge in [-0.15, -0.1) is 10.2 Å². The highest BCUT2D eigenvalue weighted by Gasteiger charge is 2.32. The van der Waals surface area contributed by atoms with Crippen LogP contribution in [0.3, 0.4) is 0 Å². The van der Waals surface area contributed by atoms with E-state index >= 15 is 0 Å². The van der Waals surface area contributed by atoms with Crippen molar-refractivity contribution in [2.45, 2.75) is 33.6 Å². The molecule has 1 aliphatic rings. The van der Waals surface area contributed by atoms with Crippen molar-refractivity contribution in [1.29, 1.82) is 0 Å². The fourth-order valence-electron chi connectivity index (χ4n) is 4.35. The van der Waals surface area contributed by atoms with E-state index in [1.165, 1.54) is 5.57 Å². The second-order valence-corrected chi connectivity index (χ2v) is 8.55. The number of rotatable bonds is 10. The van der Waals surface area contributed by atoms with Crippen LogP contribution in [0, 0.1) is 23.7 Å². The van der Waals surface area contributed by atoms with Crippen LogP contribution in [0.25, 0.3) is 11.5 Å². The molecule has 0 fully saturated rings. The van der Waals surface area contributed by atoms with Crippen LogP contribution in [0.2, 0.25) is 0 Å². The lowest BCUT2D eigenvalue weighted by molar-refractivity contribution is 0.188. The molecule has 1 aliphatic carbocycles. The topological polar surface area (TPSA) is 69.4 Å². The number of nitrogens with one attached hydrogen (secondary N) is 1. The third kappa shape index (κ3) is 5.70. The highest BCUT2D eigenvalue weighted by atomic mass is 16.5. The van der Waals surface area contributed by atoms with Crippen LogP contribution in [0.15, 0.2) is 40.3 Å². The number of hydrogen-bond acceptors (Lipinski definition) is 6. The zero-order chi connectivity index (χ0) is 21.5. The summed E-state index contributed by atoms with van der Waals surface area (Å²) in [6.45, 7) is 9.53. The van der Waals surface area contributed by atoms with E-state index in [4.69, 9.17) is 13.9 Å². The van der Waals surface area contributed by atoms with Gasteiger partial charge in [-0.3, -0.25) is 0 Å². The monoisotopic (exact) mass is 413 g/mol. The molecule has 3 rings (SSSR count). The standard InChI is InChI=1S/C24H35N3O3/c1-16(2)22-13-19(17(3)12-20(22)15-25-10-11-28-4)14-23-26-27-24(30-23)18-6-8-21(29-5)9-7-18/h6-9,12,16,19-20,22,25H,10-11,13-15H2,1-5H3. The van der Waals surface area contributed by atoms with E-state index < -0.39 is 0 Å². The molecule has 0 bridgehead atoms. The molecule has 3 atom stereocenters. The Morgan fingerprint density at radius 1 is 1.17 bits per heavy atom. The maximum Gasteiger partial charge on any atom is 0.247 e. The minimum atomic E-state index is 0.441. The molecular weight excluding hydrogens is 378 g/mol. The lowest BCUT2D eigenvalue weighted by Gasteiger charge is -2.37. The van der Waals surface area contributed by atoms with Crippen LogP contribution in [-0.2, 0) is 11.2 Å². The van der Waals surface area contributed by atoms with Gasteiger partial charge in [0, 0.05) is 32.2 Å². The minimum absolute atomic E-state index is 0.441. The molecule has 0 aliphatic heterocycles. The van der Waals surface area contributed by atoms with E-state index in [-0.39, 0.29) is 0 Å². The fourth-order valence-corrected chi connectivity index (χ4v) is 4.35. The van der Waals surface area contributed by atoms with Crippen molar-refractivity contribution in [2.24, 2.45) is 23.7 Å². The van der Waals surface area contributed by atoms with E-state index in [0.29, 0.717) is 35.5 Å². The normalized spacial score (nSPS) is 21.7. The lowest BCUT2D eigenvalue weighted by Crippen LogP contribution is -2.35. The largest absolute Gasteiger partial charge is 0.497 e. The first-order chi connectivity index (χ1) is 14.5. The van der Waals surface area contributed by atoms with Crippen molar-refractivity contribution in [3.63, 3.8) is 0 Å². The second-order valence-electron chi connectivity index (χ2n) is 8.55. The molecule has 6 heteroatoms. The van der Waals surface area contributed by atoms with Gasteiger partial charge in [0.2, 0.25) is 11.8 Å². The summed E-state index contributed by atoms with van der Waals surface area (Å²) in [5.41, 5.74) is 2.34. The first kappa shape index (κ1) is 22.5. The maximum atomic E-state index is 5.99. The Balaban J connectivity index is 1.66. The molecule has 0 saturated carbocycles. The number of benzene rings is 1. The van der Waals surface area contributed by atoms with Gasteiger partial charge in [0.15, 0.2) is 0 Å². The molecular formula is C24H35N3O3. The maximum absolute atomic E-state index is 5.99. The Morgan fingerprint density at radius 3 is 2.60 bits per heavy atom.